The van der Waals surface area contributed by atoms with Crippen LogP contribution in [0.15, 0.2) is 29.1 Å². The number of benzene rings is 1. The first kappa shape index (κ1) is 8.67. The Morgan fingerprint density at radius 1 is 1.27 bits per heavy atom. The fraction of sp³-hybridized carbons (Fsp3) is 0. The molecule has 0 fully saturated rings. The van der Waals surface area contributed by atoms with Crippen molar-refractivity contribution in [3.8, 4) is 0 Å². The Labute approximate surface area is 81.1 Å². The quantitative estimate of drug-likeness (QED) is 0.724. The van der Waals surface area contributed by atoms with Crippen molar-refractivity contribution in [1.29, 1.82) is 0 Å². The molecule has 0 amide bonds. The van der Waals surface area contributed by atoms with Crippen molar-refractivity contribution in [2.45, 2.75) is 0 Å². The second kappa shape index (κ2) is 3.31. The molecule has 1 heterocycles. The molecule has 0 saturated carbocycles. The molecule has 0 N–H and O–H groups in total. The zero-order valence-electron chi connectivity index (χ0n) is 5.45. The standard InChI is InChI=1S/C7H5NOS.Re/c9-7-5-3-1-2-4-6(5)10-8-7;/h1-4H,(H,8,9);/p-1. The first-order chi connectivity index (χ1) is 4.88. The Kier molecular flexibility index (Phi) is 2.61. The molecule has 1 aromatic heterocycles. The molecule has 1 radical (unpaired) electrons. The van der Waals surface area contributed by atoms with Crippen molar-refractivity contribution in [3.05, 3.63) is 34.6 Å². The first-order valence-electron chi connectivity index (χ1n) is 2.89. The van der Waals surface area contributed by atoms with Gasteiger partial charge in [-0.05, 0) is 6.07 Å². The van der Waals surface area contributed by atoms with E-state index < -0.39 is 0 Å². The second-order valence-corrected chi connectivity index (χ2v) is 2.79. The van der Waals surface area contributed by atoms with Crippen LogP contribution in [0.5, 0.6) is 0 Å². The summed E-state index contributed by atoms with van der Waals surface area (Å²) in [6, 6.07) is 7.44. The van der Waals surface area contributed by atoms with Crippen molar-refractivity contribution < 1.29 is 20.4 Å². The first-order valence-corrected chi connectivity index (χ1v) is 3.67. The Hall–Kier alpha value is -0.428. The molecule has 0 saturated heterocycles. The summed E-state index contributed by atoms with van der Waals surface area (Å²) in [7, 11) is 0. The third-order valence-corrected chi connectivity index (χ3v) is 2.15. The van der Waals surface area contributed by atoms with Gasteiger partial charge in [-0.1, -0.05) is 18.2 Å². The second-order valence-electron chi connectivity index (χ2n) is 1.98. The summed E-state index contributed by atoms with van der Waals surface area (Å²) in [6.45, 7) is 0. The molecule has 57 valence electrons. The fourth-order valence-corrected chi connectivity index (χ4v) is 1.54. The van der Waals surface area contributed by atoms with E-state index in [0.717, 1.165) is 10.1 Å². The van der Waals surface area contributed by atoms with Gasteiger partial charge in [-0.3, -0.25) is 11.5 Å². The van der Waals surface area contributed by atoms with Gasteiger partial charge in [0.1, 0.15) is 0 Å². The van der Waals surface area contributed by atoms with Gasteiger partial charge >= 0.3 is 0 Å². The van der Waals surface area contributed by atoms with E-state index >= 15 is 0 Å². The smallest absolute Gasteiger partial charge is 0.0938 e. The number of aromatic nitrogens is 1. The molecule has 0 spiro atoms. The minimum Gasteiger partial charge on any atom is -0.576 e. The van der Waals surface area contributed by atoms with Crippen LogP contribution < -0.4 is 9.93 Å². The van der Waals surface area contributed by atoms with E-state index in [1.165, 1.54) is 11.5 Å². The number of rotatable bonds is 0. The van der Waals surface area contributed by atoms with Gasteiger partial charge in [0.15, 0.2) is 0 Å². The Balaban J connectivity index is 0.000000605. The van der Waals surface area contributed by atoms with E-state index in [2.05, 4.69) is 4.37 Å². The van der Waals surface area contributed by atoms with E-state index in [1.54, 1.807) is 6.07 Å². The summed E-state index contributed by atoms with van der Waals surface area (Å²) in [6.07, 6.45) is 0. The van der Waals surface area contributed by atoms with Gasteiger partial charge in [0, 0.05) is 30.5 Å². The topological polar surface area (TPSA) is 31.2 Å². The number of fused-ring (bicyclic) bond motifs is 1. The van der Waals surface area contributed by atoms with E-state index in [-0.39, 0.29) is 26.0 Å². The SMILES string of the molecule is O=c1[n-]sc2ccccc12.[Re]. The van der Waals surface area contributed by atoms with E-state index in [4.69, 9.17) is 0 Å². The molecule has 11 heavy (non-hydrogen) atoms. The average molecular weight is 336 g/mol. The molecule has 0 aliphatic carbocycles. The van der Waals surface area contributed by atoms with Crippen LogP contribution >= 0.6 is 11.5 Å². The van der Waals surface area contributed by atoms with Crippen molar-refractivity contribution in [1.82, 2.24) is 4.37 Å². The van der Waals surface area contributed by atoms with E-state index in [9.17, 15) is 4.79 Å². The summed E-state index contributed by atoms with van der Waals surface area (Å²) in [5, 5.41) is 0.729. The predicted molar refractivity (Wildman–Crippen MR) is 41.4 cm³/mol. The van der Waals surface area contributed by atoms with Gasteiger partial charge in [-0.2, -0.15) is 0 Å². The molecule has 2 aromatic rings. The van der Waals surface area contributed by atoms with Crippen LogP contribution in [-0.4, -0.2) is 0 Å². The molecule has 4 heteroatoms. The zero-order valence-corrected chi connectivity index (χ0v) is 8.98. The minimum absolute atomic E-state index is 0. The maximum atomic E-state index is 10.9. The normalized spacial score (nSPS) is 9.45. The maximum Gasteiger partial charge on any atom is 0.0938 e. The number of hydrogen-bond acceptors (Lipinski definition) is 2. The molecule has 1 aromatic carbocycles. The molecular formula is C7H4NOReS-. The monoisotopic (exact) mass is 337 g/mol. The minimum atomic E-state index is -0.111. The summed E-state index contributed by atoms with van der Waals surface area (Å²) in [5.41, 5.74) is -0.111. The molecule has 2 nitrogen and oxygen atoms in total. The number of nitrogens with zero attached hydrogens (tertiary/aromatic N) is 1. The largest absolute Gasteiger partial charge is 0.576 e. The van der Waals surface area contributed by atoms with Gasteiger partial charge in [-0.25, -0.2) is 0 Å². The van der Waals surface area contributed by atoms with Crippen molar-refractivity contribution in [2.75, 3.05) is 0 Å². The van der Waals surface area contributed by atoms with Crippen molar-refractivity contribution >= 4 is 21.6 Å². The fourth-order valence-electron chi connectivity index (χ4n) is 0.863. The van der Waals surface area contributed by atoms with Gasteiger partial charge in [0.2, 0.25) is 0 Å². The van der Waals surface area contributed by atoms with E-state index in [1.807, 2.05) is 18.2 Å². The van der Waals surface area contributed by atoms with Crippen LogP contribution in [-0.2, 0) is 20.4 Å². The summed E-state index contributed by atoms with van der Waals surface area (Å²) in [5.74, 6) is 0. The average Bonchev–Trinajstić information content (AvgIpc) is 2.34. The van der Waals surface area contributed by atoms with Crippen LogP contribution in [0.1, 0.15) is 0 Å². The van der Waals surface area contributed by atoms with Crippen LogP contribution in [0.3, 0.4) is 0 Å². The van der Waals surface area contributed by atoms with E-state index in [0.29, 0.717) is 0 Å². The van der Waals surface area contributed by atoms with Crippen LogP contribution in [0.4, 0.5) is 0 Å². The van der Waals surface area contributed by atoms with Gasteiger partial charge in [0.25, 0.3) is 0 Å². The third-order valence-electron chi connectivity index (χ3n) is 1.34. The van der Waals surface area contributed by atoms with Crippen LogP contribution in [0.25, 0.3) is 10.1 Å². The predicted octanol–water partition coefficient (Wildman–Crippen LogP) is 1.22. The molecule has 0 aliphatic heterocycles. The van der Waals surface area contributed by atoms with Crippen molar-refractivity contribution in [2.24, 2.45) is 0 Å². The van der Waals surface area contributed by atoms with Gasteiger partial charge < -0.3 is 9.17 Å². The molecule has 0 atom stereocenters. The van der Waals surface area contributed by atoms with Gasteiger partial charge in [-0.15, -0.1) is 0 Å². The number of hydrogen-bond donors (Lipinski definition) is 0. The summed E-state index contributed by atoms with van der Waals surface area (Å²) in [4.78, 5) is 10.9. The molecular weight excluding hydrogens is 332 g/mol. The Bertz CT molecular complexity index is 406. The molecule has 2 rings (SSSR count). The molecule has 0 aliphatic rings. The van der Waals surface area contributed by atoms with Crippen LogP contribution in [0, 0.1) is 0 Å². The van der Waals surface area contributed by atoms with Gasteiger partial charge in [0.05, 0.1) is 5.56 Å². The maximum absolute atomic E-state index is 10.9. The zero-order chi connectivity index (χ0) is 6.97. The summed E-state index contributed by atoms with van der Waals surface area (Å²) >= 11 is 1.25. The molecule has 0 bridgehead atoms. The Morgan fingerprint density at radius 3 is 2.73 bits per heavy atom. The Morgan fingerprint density at radius 2 is 2.00 bits per heavy atom. The molecule has 0 unspecified atom stereocenters. The summed E-state index contributed by atoms with van der Waals surface area (Å²) < 4.78 is 4.65. The van der Waals surface area contributed by atoms with Crippen molar-refractivity contribution in [3.63, 3.8) is 0 Å². The third kappa shape index (κ3) is 1.43. The van der Waals surface area contributed by atoms with Crippen LogP contribution in [0.2, 0.25) is 0 Å².